The van der Waals surface area contributed by atoms with Crippen molar-refractivity contribution in [2.75, 3.05) is 19.7 Å². The van der Waals surface area contributed by atoms with Crippen molar-refractivity contribution < 1.29 is 24.2 Å². The SMILES string of the molecule is C=CCN(CC(=O)O)C(=O)C[C@@H](CCC)NC(=O)OCC1c2ccccc2-c2ccccc21. The molecule has 0 aliphatic heterocycles. The fraction of sp³-hybridized carbons (Fsp3) is 0.346. The van der Waals surface area contributed by atoms with E-state index in [0.29, 0.717) is 6.42 Å². The molecule has 1 atom stereocenters. The van der Waals surface area contributed by atoms with Crippen molar-refractivity contribution in [1.82, 2.24) is 10.2 Å². The van der Waals surface area contributed by atoms with E-state index in [4.69, 9.17) is 9.84 Å². The van der Waals surface area contributed by atoms with Crippen LogP contribution in [0.2, 0.25) is 0 Å². The minimum absolute atomic E-state index is 0.000838. The number of rotatable bonds is 11. The van der Waals surface area contributed by atoms with Gasteiger partial charge in [0, 0.05) is 24.9 Å². The normalized spacial score (nSPS) is 12.9. The summed E-state index contributed by atoms with van der Waals surface area (Å²) in [7, 11) is 0. The number of hydrogen-bond acceptors (Lipinski definition) is 4. The first kappa shape index (κ1) is 24.0. The Kier molecular flexibility index (Phi) is 8.24. The van der Waals surface area contributed by atoms with Crippen LogP contribution >= 0.6 is 0 Å². The number of hydrogen-bond donors (Lipinski definition) is 2. The zero-order valence-electron chi connectivity index (χ0n) is 18.8. The Morgan fingerprint density at radius 2 is 1.73 bits per heavy atom. The summed E-state index contributed by atoms with van der Waals surface area (Å²) in [5, 5.41) is 11.8. The number of ether oxygens (including phenoxy) is 1. The number of nitrogens with one attached hydrogen (secondary N) is 1. The number of fused-ring (bicyclic) bond motifs is 3. The first-order valence-corrected chi connectivity index (χ1v) is 11.2. The molecule has 2 amide bonds. The van der Waals surface area contributed by atoms with Crippen LogP contribution in [0.1, 0.15) is 43.2 Å². The smallest absolute Gasteiger partial charge is 0.407 e. The number of benzene rings is 2. The molecule has 7 heteroatoms. The van der Waals surface area contributed by atoms with Crippen LogP contribution in [0.15, 0.2) is 61.2 Å². The lowest BCUT2D eigenvalue weighted by molar-refractivity contribution is -0.144. The Balaban J connectivity index is 1.62. The molecule has 0 radical (unpaired) electrons. The first-order valence-electron chi connectivity index (χ1n) is 11.2. The second kappa shape index (κ2) is 11.3. The molecule has 7 nitrogen and oxygen atoms in total. The molecular weight excluding hydrogens is 420 g/mol. The van der Waals surface area contributed by atoms with E-state index in [1.54, 1.807) is 0 Å². The van der Waals surface area contributed by atoms with Gasteiger partial charge in [-0.15, -0.1) is 6.58 Å². The molecule has 1 aliphatic carbocycles. The Bertz CT molecular complexity index is 974. The highest BCUT2D eigenvalue weighted by molar-refractivity contribution is 5.82. The lowest BCUT2D eigenvalue weighted by Crippen LogP contribution is -2.42. The van der Waals surface area contributed by atoms with Gasteiger partial charge in [0.15, 0.2) is 0 Å². The van der Waals surface area contributed by atoms with Gasteiger partial charge in [-0.25, -0.2) is 4.79 Å². The number of aliphatic carboxylic acids is 1. The Morgan fingerprint density at radius 1 is 1.12 bits per heavy atom. The summed E-state index contributed by atoms with van der Waals surface area (Å²) in [6, 6.07) is 15.8. The average Bonchev–Trinajstić information content (AvgIpc) is 3.11. The molecule has 0 heterocycles. The van der Waals surface area contributed by atoms with Crippen molar-refractivity contribution in [2.24, 2.45) is 0 Å². The van der Waals surface area contributed by atoms with Gasteiger partial charge in [0.2, 0.25) is 5.91 Å². The van der Waals surface area contributed by atoms with Crippen molar-refractivity contribution in [3.05, 3.63) is 72.3 Å². The Morgan fingerprint density at radius 3 is 2.27 bits per heavy atom. The summed E-state index contributed by atoms with van der Waals surface area (Å²) in [5.74, 6) is -1.50. The van der Waals surface area contributed by atoms with Gasteiger partial charge < -0.3 is 20.1 Å². The average molecular weight is 451 g/mol. The number of nitrogens with zero attached hydrogens (tertiary/aromatic N) is 1. The summed E-state index contributed by atoms with van der Waals surface area (Å²) in [6.07, 6.45) is 2.22. The molecule has 33 heavy (non-hydrogen) atoms. The molecule has 2 N–H and O–H groups in total. The molecule has 0 saturated carbocycles. The predicted octanol–water partition coefficient (Wildman–Crippen LogP) is 4.18. The quantitative estimate of drug-likeness (QED) is 0.501. The molecule has 0 fully saturated rings. The molecule has 1 aliphatic rings. The molecule has 0 spiro atoms. The highest BCUT2D eigenvalue weighted by atomic mass is 16.5. The highest BCUT2D eigenvalue weighted by Crippen LogP contribution is 2.44. The number of carboxylic acid groups (broad SMARTS) is 1. The largest absolute Gasteiger partial charge is 0.480 e. The topological polar surface area (TPSA) is 95.9 Å². The zero-order chi connectivity index (χ0) is 23.8. The van der Waals surface area contributed by atoms with Crippen LogP contribution in [-0.4, -0.2) is 53.7 Å². The summed E-state index contributed by atoms with van der Waals surface area (Å²) in [4.78, 5) is 37.4. The van der Waals surface area contributed by atoms with Crippen molar-refractivity contribution in [2.45, 2.75) is 38.1 Å². The number of carbonyl (C=O) groups is 3. The maximum atomic E-state index is 12.6. The van der Waals surface area contributed by atoms with Crippen LogP contribution < -0.4 is 5.32 Å². The minimum Gasteiger partial charge on any atom is -0.480 e. The number of alkyl carbamates (subject to hydrolysis) is 1. The van der Waals surface area contributed by atoms with E-state index in [-0.39, 0.29) is 31.4 Å². The maximum absolute atomic E-state index is 12.6. The van der Waals surface area contributed by atoms with Gasteiger partial charge in [0.1, 0.15) is 13.2 Å². The summed E-state index contributed by atoms with van der Waals surface area (Å²) in [6.45, 7) is 5.44. The molecular formula is C26H30N2O5. The third-order valence-electron chi connectivity index (χ3n) is 5.75. The Hall–Kier alpha value is -3.61. The van der Waals surface area contributed by atoms with E-state index in [9.17, 15) is 14.4 Å². The molecule has 0 bridgehead atoms. The van der Waals surface area contributed by atoms with E-state index >= 15 is 0 Å². The zero-order valence-corrected chi connectivity index (χ0v) is 18.8. The number of carbonyl (C=O) groups excluding carboxylic acids is 2. The van der Waals surface area contributed by atoms with Gasteiger partial charge in [-0.3, -0.25) is 9.59 Å². The van der Waals surface area contributed by atoms with Gasteiger partial charge in [0.25, 0.3) is 0 Å². The predicted molar refractivity (Wildman–Crippen MR) is 126 cm³/mol. The number of carboxylic acids is 1. The van der Waals surface area contributed by atoms with Crippen LogP contribution in [0.3, 0.4) is 0 Å². The molecule has 174 valence electrons. The van der Waals surface area contributed by atoms with Crippen molar-refractivity contribution in [1.29, 1.82) is 0 Å². The van der Waals surface area contributed by atoms with E-state index < -0.39 is 24.6 Å². The van der Waals surface area contributed by atoms with Crippen LogP contribution in [0.4, 0.5) is 4.79 Å². The molecule has 2 aromatic rings. The van der Waals surface area contributed by atoms with Crippen LogP contribution in [-0.2, 0) is 14.3 Å². The molecule has 0 aromatic heterocycles. The second-order valence-corrected chi connectivity index (χ2v) is 8.12. The summed E-state index contributed by atoms with van der Waals surface area (Å²) in [5.41, 5.74) is 4.55. The standard InChI is InChI=1S/C26H30N2O5/c1-3-9-18(15-24(29)28(14-4-2)16-25(30)31)27-26(32)33-17-23-21-12-7-5-10-19(21)20-11-6-8-13-22(20)23/h4-8,10-13,18,23H,2-3,9,14-17H2,1H3,(H,27,32)(H,30,31)/t18-/m1/s1. The lowest BCUT2D eigenvalue weighted by Gasteiger charge is -2.23. The van der Waals surface area contributed by atoms with Gasteiger partial charge in [-0.1, -0.05) is 68.0 Å². The minimum atomic E-state index is -1.10. The van der Waals surface area contributed by atoms with Gasteiger partial charge >= 0.3 is 12.1 Å². The fourth-order valence-electron chi connectivity index (χ4n) is 4.29. The molecule has 2 aromatic carbocycles. The van der Waals surface area contributed by atoms with E-state index in [0.717, 1.165) is 28.7 Å². The second-order valence-electron chi connectivity index (χ2n) is 8.12. The Labute approximate surface area is 194 Å². The van der Waals surface area contributed by atoms with E-state index in [1.165, 1.54) is 11.0 Å². The third kappa shape index (κ3) is 6.00. The first-order chi connectivity index (χ1) is 15.9. The maximum Gasteiger partial charge on any atom is 0.407 e. The van der Waals surface area contributed by atoms with E-state index in [1.807, 2.05) is 31.2 Å². The molecule has 0 saturated heterocycles. The lowest BCUT2D eigenvalue weighted by atomic mass is 9.98. The van der Waals surface area contributed by atoms with Crippen molar-refractivity contribution in [3.8, 4) is 11.1 Å². The van der Waals surface area contributed by atoms with Gasteiger partial charge in [-0.05, 0) is 28.7 Å². The fourth-order valence-corrected chi connectivity index (χ4v) is 4.29. The van der Waals surface area contributed by atoms with Gasteiger partial charge in [0.05, 0.1) is 0 Å². The van der Waals surface area contributed by atoms with Crippen molar-refractivity contribution in [3.63, 3.8) is 0 Å². The monoisotopic (exact) mass is 450 g/mol. The third-order valence-corrected chi connectivity index (χ3v) is 5.75. The van der Waals surface area contributed by atoms with Gasteiger partial charge in [-0.2, -0.15) is 0 Å². The number of amides is 2. The van der Waals surface area contributed by atoms with Crippen LogP contribution in [0.25, 0.3) is 11.1 Å². The van der Waals surface area contributed by atoms with Crippen LogP contribution in [0, 0.1) is 0 Å². The highest BCUT2D eigenvalue weighted by Gasteiger charge is 2.29. The van der Waals surface area contributed by atoms with Crippen molar-refractivity contribution >= 4 is 18.0 Å². The summed E-state index contributed by atoms with van der Waals surface area (Å²) < 4.78 is 5.59. The van der Waals surface area contributed by atoms with E-state index in [2.05, 4.69) is 36.2 Å². The molecule has 3 rings (SSSR count). The summed E-state index contributed by atoms with van der Waals surface area (Å²) >= 11 is 0. The van der Waals surface area contributed by atoms with Crippen LogP contribution in [0.5, 0.6) is 0 Å². The molecule has 0 unspecified atom stereocenters.